The second-order valence-corrected chi connectivity index (χ2v) is 4.79. The highest BCUT2D eigenvalue weighted by atomic mass is 16.7. The van der Waals surface area contributed by atoms with Gasteiger partial charge in [0.15, 0.2) is 11.5 Å². The van der Waals surface area contributed by atoms with E-state index >= 15 is 0 Å². The lowest BCUT2D eigenvalue weighted by Crippen LogP contribution is -2.36. The molecule has 0 bridgehead atoms. The molecule has 100 valence electrons. The lowest BCUT2D eigenvalue weighted by Gasteiger charge is -2.21. The van der Waals surface area contributed by atoms with E-state index in [1.54, 1.807) is 19.1 Å². The first-order chi connectivity index (χ1) is 8.52. The van der Waals surface area contributed by atoms with Crippen molar-refractivity contribution in [2.75, 3.05) is 13.3 Å². The lowest BCUT2D eigenvalue weighted by molar-refractivity contribution is 0.0555. The van der Waals surface area contributed by atoms with Crippen LogP contribution < -0.4 is 14.8 Å². The zero-order chi connectivity index (χ0) is 13.2. The molecular weight excluding hydrogens is 234 g/mol. The van der Waals surface area contributed by atoms with E-state index in [0.717, 1.165) is 5.56 Å². The van der Waals surface area contributed by atoms with Crippen LogP contribution in [0.15, 0.2) is 12.1 Å². The molecule has 0 spiro atoms. The molecule has 1 aromatic rings. The van der Waals surface area contributed by atoms with E-state index < -0.39 is 5.60 Å². The average molecular weight is 253 g/mol. The summed E-state index contributed by atoms with van der Waals surface area (Å²) in [6.45, 7) is 4.84. The highest BCUT2D eigenvalue weighted by molar-refractivity contribution is 5.51. The number of nitrogens with one attached hydrogen (secondary N) is 1. The minimum absolute atomic E-state index is 0.169. The Morgan fingerprint density at radius 1 is 1.33 bits per heavy atom. The lowest BCUT2D eigenvalue weighted by atomic mass is 10.0. The molecule has 1 unspecified atom stereocenters. The van der Waals surface area contributed by atoms with E-state index in [1.165, 1.54) is 0 Å². The molecule has 0 fully saturated rings. The smallest absolute Gasteiger partial charge is 0.231 e. The van der Waals surface area contributed by atoms with E-state index in [4.69, 9.17) is 9.47 Å². The number of phenolic OH excluding ortho intramolecular Hbond substituents is 1. The fraction of sp³-hybridized carbons (Fsp3) is 0.538. The highest BCUT2D eigenvalue weighted by Crippen LogP contribution is 2.37. The third-order valence-corrected chi connectivity index (χ3v) is 3.16. The van der Waals surface area contributed by atoms with Crippen molar-refractivity contribution in [2.45, 2.75) is 32.4 Å². The average Bonchev–Trinajstić information content (AvgIpc) is 2.76. The molecular formula is C13H19NO4. The molecule has 1 atom stereocenters. The van der Waals surface area contributed by atoms with Crippen LogP contribution in [0, 0.1) is 0 Å². The van der Waals surface area contributed by atoms with Crippen LogP contribution in [-0.4, -0.2) is 29.2 Å². The van der Waals surface area contributed by atoms with Crippen LogP contribution in [0.3, 0.4) is 0 Å². The van der Waals surface area contributed by atoms with E-state index in [9.17, 15) is 10.2 Å². The number of benzene rings is 1. The summed E-state index contributed by atoms with van der Waals surface area (Å²) in [5.74, 6) is 1.38. The summed E-state index contributed by atoms with van der Waals surface area (Å²) in [5.41, 5.74) is -0.00228. The molecule has 1 aliphatic rings. The minimum atomic E-state index is -0.730. The van der Waals surface area contributed by atoms with Crippen molar-refractivity contribution < 1.29 is 19.7 Å². The number of phenols is 1. The molecule has 0 amide bonds. The highest BCUT2D eigenvalue weighted by Gasteiger charge is 2.19. The predicted molar refractivity (Wildman–Crippen MR) is 66.9 cm³/mol. The number of rotatable bonds is 5. The predicted octanol–water partition coefficient (Wildman–Crippen LogP) is 1.37. The van der Waals surface area contributed by atoms with Gasteiger partial charge in [-0.25, -0.2) is 0 Å². The summed E-state index contributed by atoms with van der Waals surface area (Å²) in [5, 5.41) is 22.8. The molecule has 2 rings (SSSR count). The minimum Gasteiger partial charge on any atom is -0.507 e. The Balaban J connectivity index is 1.98. The largest absolute Gasteiger partial charge is 0.507 e. The summed E-state index contributed by atoms with van der Waals surface area (Å²) >= 11 is 0. The van der Waals surface area contributed by atoms with Crippen molar-refractivity contribution >= 4 is 0 Å². The Morgan fingerprint density at radius 3 is 2.67 bits per heavy atom. The summed E-state index contributed by atoms with van der Waals surface area (Å²) in [6.07, 6.45) is 0.674. The van der Waals surface area contributed by atoms with Crippen molar-refractivity contribution in [3.8, 4) is 17.2 Å². The maximum Gasteiger partial charge on any atom is 0.231 e. The Hall–Kier alpha value is -1.46. The molecule has 0 saturated heterocycles. The van der Waals surface area contributed by atoms with E-state index in [-0.39, 0.29) is 12.5 Å². The van der Waals surface area contributed by atoms with Crippen LogP contribution in [0.5, 0.6) is 17.2 Å². The van der Waals surface area contributed by atoms with Crippen molar-refractivity contribution in [1.29, 1.82) is 0 Å². The van der Waals surface area contributed by atoms with Crippen LogP contribution >= 0.6 is 0 Å². The number of hydrogen-bond donors (Lipinski definition) is 3. The normalized spacial score (nSPS) is 16.6. The molecule has 5 nitrogen and oxygen atoms in total. The number of aliphatic hydroxyl groups is 1. The van der Waals surface area contributed by atoms with Crippen LogP contribution in [0.25, 0.3) is 0 Å². The number of fused-ring (bicyclic) bond motifs is 1. The van der Waals surface area contributed by atoms with E-state index in [2.05, 4.69) is 5.32 Å². The van der Waals surface area contributed by atoms with Crippen LogP contribution in [-0.2, 0) is 6.54 Å². The van der Waals surface area contributed by atoms with Crippen molar-refractivity contribution in [3.63, 3.8) is 0 Å². The molecule has 3 N–H and O–H groups in total. The van der Waals surface area contributed by atoms with Gasteiger partial charge < -0.3 is 25.0 Å². The molecule has 5 heteroatoms. The van der Waals surface area contributed by atoms with Gasteiger partial charge in [0.1, 0.15) is 5.75 Å². The monoisotopic (exact) mass is 253 g/mol. The summed E-state index contributed by atoms with van der Waals surface area (Å²) in [4.78, 5) is 0. The van der Waals surface area contributed by atoms with Crippen LogP contribution in [0.4, 0.5) is 0 Å². The maximum atomic E-state index is 9.86. The van der Waals surface area contributed by atoms with Gasteiger partial charge in [-0.15, -0.1) is 0 Å². The molecule has 0 radical (unpaired) electrons. The van der Waals surface area contributed by atoms with Gasteiger partial charge >= 0.3 is 0 Å². The van der Waals surface area contributed by atoms with Crippen molar-refractivity contribution in [1.82, 2.24) is 5.32 Å². The Labute approximate surface area is 106 Å². The quantitative estimate of drug-likeness (QED) is 0.739. The van der Waals surface area contributed by atoms with Crippen LogP contribution in [0.1, 0.15) is 25.8 Å². The van der Waals surface area contributed by atoms with Gasteiger partial charge in [0.05, 0.1) is 5.60 Å². The molecule has 1 aliphatic heterocycles. The third-order valence-electron chi connectivity index (χ3n) is 3.16. The standard InChI is InChI=1S/C13H19NO4/c1-3-13(2,16)7-14-6-9-4-11-12(5-10(9)15)18-8-17-11/h4-5,14-16H,3,6-8H2,1-2H3. The SMILES string of the molecule is CCC(C)(O)CNCc1cc2c(cc1O)OCO2. The molecule has 18 heavy (non-hydrogen) atoms. The number of hydrogen-bond acceptors (Lipinski definition) is 5. The molecule has 1 heterocycles. The first kappa shape index (κ1) is 13.0. The van der Waals surface area contributed by atoms with Gasteiger partial charge in [0.25, 0.3) is 0 Å². The van der Waals surface area contributed by atoms with Crippen molar-refractivity contribution in [3.05, 3.63) is 17.7 Å². The summed E-state index contributed by atoms with van der Waals surface area (Å²) in [6, 6.07) is 3.31. The second-order valence-electron chi connectivity index (χ2n) is 4.79. The zero-order valence-corrected chi connectivity index (χ0v) is 10.7. The molecule has 0 aliphatic carbocycles. The van der Waals surface area contributed by atoms with Gasteiger partial charge in [0, 0.05) is 24.7 Å². The fourth-order valence-corrected chi connectivity index (χ4v) is 1.71. The van der Waals surface area contributed by atoms with Gasteiger partial charge in [-0.05, 0) is 19.4 Å². The number of ether oxygens (including phenoxy) is 2. The van der Waals surface area contributed by atoms with Gasteiger partial charge in [-0.1, -0.05) is 6.92 Å². The van der Waals surface area contributed by atoms with Crippen molar-refractivity contribution in [2.24, 2.45) is 0 Å². The topological polar surface area (TPSA) is 71.0 Å². The first-order valence-electron chi connectivity index (χ1n) is 6.06. The zero-order valence-electron chi connectivity index (χ0n) is 10.7. The summed E-state index contributed by atoms with van der Waals surface area (Å²) < 4.78 is 10.4. The Kier molecular flexibility index (Phi) is 3.63. The van der Waals surface area contributed by atoms with Gasteiger partial charge in [-0.3, -0.25) is 0 Å². The Morgan fingerprint density at radius 2 is 2.00 bits per heavy atom. The first-order valence-corrected chi connectivity index (χ1v) is 6.06. The molecule has 0 aromatic heterocycles. The van der Waals surface area contributed by atoms with Gasteiger partial charge in [-0.2, -0.15) is 0 Å². The van der Waals surface area contributed by atoms with Gasteiger partial charge in [0.2, 0.25) is 6.79 Å². The molecule has 1 aromatic carbocycles. The summed E-state index contributed by atoms with van der Waals surface area (Å²) in [7, 11) is 0. The van der Waals surface area contributed by atoms with E-state index in [1.807, 2.05) is 6.92 Å². The maximum absolute atomic E-state index is 9.86. The third kappa shape index (κ3) is 2.86. The number of aromatic hydroxyl groups is 1. The fourth-order valence-electron chi connectivity index (χ4n) is 1.71. The molecule has 0 saturated carbocycles. The second kappa shape index (κ2) is 5.04. The van der Waals surface area contributed by atoms with Crippen LogP contribution in [0.2, 0.25) is 0 Å². The Bertz CT molecular complexity index is 431. The van der Waals surface area contributed by atoms with E-state index in [0.29, 0.717) is 31.0 Å².